The summed E-state index contributed by atoms with van der Waals surface area (Å²) in [6, 6.07) is 11.7. The van der Waals surface area contributed by atoms with Crippen molar-refractivity contribution >= 4 is 22.7 Å². The van der Waals surface area contributed by atoms with Crippen molar-refractivity contribution in [3.8, 4) is 0 Å². The Kier molecular flexibility index (Phi) is 13.2. The van der Waals surface area contributed by atoms with Crippen LogP contribution in [0, 0.1) is 0 Å². The summed E-state index contributed by atoms with van der Waals surface area (Å²) in [7, 11) is 0. The minimum absolute atomic E-state index is 0.742. The SMILES string of the molecule is Nc1ccc(CCCCCCCCOCCCCCCCCc2ccc(N)cc2N)c(N)c1. The van der Waals surface area contributed by atoms with Gasteiger partial charge in [0.05, 0.1) is 0 Å². The molecule has 0 bridgehead atoms. The topological polar surface area (TPSA) is 113 Å². The first-order chi connectivity index (χ1) is 16.1. The monoisotopic (exact) mass is 454 g/mol. The summed E-state index contributed by atoms with van der Waals surface area (Å²) >= 11 is 0. The van der Waals surface area contributed by atoms with E-state index in [1.807, 2.05) is 24.3 Å². The number of ether oxygens (including phenoxy) is 1. The molecule has 0 fully saturated rings. The second kappa shape index (κ2) is 16.2. The predicted octanol–water partition coefficient (Wildman–Crippen LogP) is 6.50. The Morgan fingerprint density at radius 3 is 1.21 bits per heavy atom. The quantitative estimate of drug-likeness (QED) is 0.152. The van der Waals surface area contributed by atoms with Gasteiger partial charge in [-0.25, -0.2) is 0 Å². The molecule has 0 atom stereocenters. The Hall–Kier alpha value is -2.40. The fraction of sp³-hybridized carbons (Fsp3) is 0.571. The molecule has 0 heterocycles. The van der Waals surface area contributed by atoms with Crippen LogP contribution in [0.3, 0.4) is 0 Å². The fourth-order valence-electron chi connectivity index (χ4n) is 4.24. The van der Waals surface area contributed by atoms with Gasteiger partial charge in [0.2, 0.25) is 0 Å². The van der Waals surface area contributed by atoms with E-state index in [2.05, 4.69) is 12.1 Å². The van der Waals surface area contributed by atoms with Crippen LogP contribution in [0.2, 0.25) is 0 Å². The summed E-state index contributed by atoms with van der Waals surface area (Å²) in [5.41, 5.74) is 29.1. The smallest absolute Gasteiger partial charge is 0.0466 e. The first-order valence-corrected chi connectivity index (χ1v) is 12.9. The number of aryl methyl sites for hydroxylation is 2. The van der Waals surface area contributed by atoms with E-state index < -0.39 is 0 Å². The minimum Gasteiger partial charge on any atom is -0.399 e. The van der Waals surface area contributed by atoms with Crippen LogP contribution in [0.5, 0.6) is 0 Å². The molecule has 0 amide bonds. The molecule has 2 aromatic carbocycles. The highest BCUT2D eigenvalue weighted by molar-refractivity contribution is 5.57. The van der Waals surface area contributed by atoms with Crippen molar-refractivity contribution in [2.75, 3.05) is 36.1 Å². The summed E-state index contributed by atoms with van der Waals surface area (Å²) in [5, 5.41) is 0. The molecule has 0 aromatic heterocycles. The van der Waals surface area contributed by atoms with Crippen LogP contribution in [-0.4, -0.2) is 13.2 Å². The van der Waals surface area contributed by atoms with Crippen molar-refractivity contribution < 1.29 is 4.74 Å². The van der Waals surface area contributed by atoms with Gasteiger partial charge in [0.1, 0.15) is 0 Å². The molecule has 0 radical (unpaired) electrons. The number of unbranched alkanes of at least 4 members (excludes halogenated alkanes) is 10. The van der Waals surface area contributed by atoms with Crippen LogP contribution in [0.1, 0.15) is 88.2 Å². The second-order valence-electron chi connectivity index (χ2n) is 9.27. The summed E-state index contributed by atoms with van der Waals surface area (Å²) < 4.78 is 5.80. The number of rotatable bonds is 18. The number of nitrogens with two attached hydrogens (primary N) is 4. The molecule has 33 heavy (non-hydrogen) atoms. The van der Waals surface area contributed by atoms with E-state index in [1.54, 1.807) is 0 Å². The number of anilines is 4. The van der Waals surface area contributed by atoms with Crippen LogP contribution < -0.4 is 22.9 Å². The van der Waals surface area contributed by atoms with Crippen molar-refractivity contribution in [2.24, 2.45) is 0 Å². The molecule has 184 valence electrons. The first kappa shape index (κ1) is 26.8. The molecule has 0 saturated heterocycles. The van der Waals surface area contributed by atoms with Crippen LogP contribution in [0.25, 0.3) is 0 Å². The molecule has 5 nitrogen and oxygen atoms in total. The van der Waals surface area contributed by atoms with Gasteiger partial charge in [0.15, 0.2) is 0 Å². The normalized spacial score (nSPS) is 11.2. The average Bonchev–Trinajstić information content (AvgIpc) is 2.78. The lowest BCUT2D eigenvalue weighted by Crippen LogP contribution is -1.98. The molecule has 0 aliphatic rings. The van der Waals surface area contributed by atoms with E-state index in [9.17, 15) is 0 Å². The van der Waals surface area contributed by atoms with Crippen molar-refractivity contribution in [2.45, 2.75) is 89.9 Å². The fourth-order valence-corrected chi connectivity index (χ4v) is 4.24. The Labute approximate surface area is 201 Å². The van der Waals surface area contributed by atoms with Crippen molar-refractivity contribution in [1.82, 2.24) is 0 Å². The molecule has 2 rings (SSSR count). The summed E-state index contributed by atoms with van der Waals surface area (Å²) in [6.45, 7) is 1.82. The van der Waals surface area contributed by atoms with Gasteiger partial charge in [-0.1, -0.05) is 63.5 Å². The van der Waals surface area contributed by atoms with Crippen LogP contribution >= 0.6 is 0 Å². The average molecular weight is 455 g/mol. The van der Waals surface area contributed by atoms with Gasteiger partial charge in [-0.15, -0.1) is 0 Å². The van der Waals surface area contributed by atoms with Gasteiger partial charge >= 0.3 is 0 Å². The van der Waals surface area contributed by atoms with E-state index in [0.717, 1.165) is 48.8 Å². The molecule has 0 aliphatic heterocycles. The molecule has 0 spiro atoms. The number of nitrogen functional groups attached to an aromatic ring is 4. The third-order valence-corrected chi connectivity index (χ3v) is 6.31. The maximum absolute atomic E-state index is 6.02. The zero-order valence-corrected chi connectivity index (χ0v) is 20.5. The zero-order valence-electron chi connectivity index (χ0n) is 20.5. The van der Waals surface area contributed by atoms with Crippen molar-refractivity contribution in [3.05, 3.63) is 47.5 Å². The van der Waals surface area contributed by atoms with Gasteiger partial charge in [-0.3, -0.25) is 0 Å². The lowest BCUT2D eigenvalue weighted by molar-refractivity contribution is 0.125. The molecule has 2 aromatic rings. The molecule has 0 aliphatic carbocycles. The number of hydrogen-bond acceptors (Lipinski definition) is 5. The van der Waals surface area contributed by atoms with Gasteiger partial charge < -0.3 is 27.7 Å². The lowest BCUT2D eigenvalue weighted by atomic mass is 10.0. The first-order valence-electron chi connectivity index (χ1n) is 12.9. The van der Waals surface area contributed by atoms with Crippen molar-refractivity contribution in [1.29, 1.82) is 0 Å². The van der Waals surface area contributed by atoms with Gasteiger partial charge in [0, 0.05) is 36.0 Å². The Bertz CT molecular complexity index is 728. The standard InChI is InChI=1S/C28H46N4O/c29-25-17-15-23(27(31)21-25)13-9-5-1-3-7-11-19-33-20-12-8-4-2-6-10-14-24-16-18-26(30)22-28(24)32/h15-18,21-22H,1-14,19-20,29-32H2. The Balaban J connectivity index is 1.30. The molecule has 5 heteroatoms. The third-order valence-electron chi connectivity index (χ3n) is 6.31. The lowest BCUT2D eigenvalue weighted by Gasteiger charge is -2.07. The van der Waals surface area contributed by atoms with E-state index in [4.69, 9.17) is 27.7 Å². The van der Waals surface area contributed by atoms with Gasteiger partial charge in [-0.05, 0) is 73.9 Å². The largest absolute Gasteiger partial charge is 0.399 e. The molecule has 0 saturated carbocycles. The van der Waals surface area contributed by atoms with E-state index in [-0.39, 0.29) is 0 Å². The predicted molar refractivity (Wildman–Crippen MR) is 144 cm³/mol. The van der Waals surface area contributed by atoms with E-state index in [1.165, 1.54) is 88.2 Å². The Morgan fingerprint density at radius 2 is 0.818 bits per heavy atom. The maximum Gasteiger partial charge on any atom is 0.0466 e. The van der Waals surface area contributed by atoms with Gasteiger partial charge in [-0.2, -0.15) is 0 Å². The second-order valence-corrected chi connectivity index (χ2v) is 9.27. The molecule has 0 unspecified atom stereocenters. The van der Waals surface area contributed by atoms with Crippen LogP contribution in [0.15, 0.2) is 36.4 Å². The van der Waals surface area contributed by atoms with Crippen molar-refractivity contribution in [3.63, 3.8) is 0 Å². The van der Waals surface area contributed by atoms with Gasteiger partial charge in [0.25, 0.3) is 0 Å². The summed E-state index contributed by atoms with van der Waals surface area (Å²) in [5.74, 6) is 0. The summed E-state index contributed by atoms with van der Waals surface area (Å²) in [4.78, 5) is 0. The summed E-state index contributed by atoms with van der Waals surface area (Å²) in [6.07, 6.45) is 17.1. The van der Waals surface area contributed by atoms with Crippen LogP contribution in [0.4, 0.5) is 22.7 Å². The third kappa shape index (κ3) is 11.9. The minimum atomic E-state index is 0.742. The molecule has 8 N–H and O–H groups in total. The Morgan fingerprint density at radius 1 is 0.455 bits per heavy atom. The van der Waals surface area contributed by atoms with E-state index in [0.29, 0.717) is 0 Å². The van der Waals surface area contributed by atoms with Crippen LogP contribution in [-0.2, 0) is 17.6 Å². The highest BCUT2D eigenvalue weighted by Crippen LogP contribution is 2.20. The highest BCUT2D eigenvalue weighted by Gasteiger charge is 2.01. The highest BCUT2D eigenvalue weighted by atomic mass is 16.5. The molecular formula is C28H46N4O. The van der Waals surface area contributed by atoms with E-state index >= 15 is 0 Å². The zero-order chi connectivity index (χ0) is 23.7. The maximum atomic E-state index is 6.02. The number of hydrogen-bond donors (Lipinski definition) is 4. The number of benzene rings is 2. The molecular weight excluding hydrogens is 408 g/mol.